The molecule has 7 nitrogen and oxygen atoms in total. The Hall–Kier alpha value is -1.60. The number of rotatable bonds is 4. The predicted octanol–water partition coefficient (Wildman–Crippen LogP) is 1.24. The molecule has 1 aromatic heterocycles. The number of aromatic nitrogens is 2. The average molecular weight is 299 g/mol. The molecule has 2 amide bonds. The van der Waals surface area contributed by atoms with E-state index >= 15 is 0 Å². The third kappa shape index (κ3) is 4.21. The Bertz CT molecular complexity index is 452. The first-order chi connectivity index (χ1) is 9.54. The van der Waals surface area contributed by atoms with Crippen LogP contribution in [0, 0.1) is 0 Å². The number of hydrogen-bond acceptors (Lipinski definition) is 5. The average Bonchev–Trinajstić information content (AvgIpc) is 2.87. The van der Waals surface area contributed by atoms with Crippen molar-refractivity contribution in [3.8, 4) is 0 Å². The van der Waals surface area contributed by atoms with Gasteiger partial charge in [-0.25, -0.2) is 4.79 Å². The number of carbonyl (C=O) groups excluding carboxylic acids is 1. The van der Waals surface area contributed by atoms with Crippen LogP contribution in [0.1, 0.15) is 20.3 Å². The number of carbonyl (C=O) groups is 1. The summed E-state index contributed by atoms with van der Waals surface area (Å²) >= 11 is 5.62. The van der Waals surface area contributed by atoms with Crippen molar-refractivity contribution in [2.24, 2.45) is 0 Å². The molecule has 110 valence electrons. The fourth-order valence-electron chi connectivity index (χ4n) is 2.10. The van der Waals surface area contributed by atoms with E-state index in [4.69, 9.17) is 11.6 Å². The summed E-state index contributed by atoms with van der Waals surface area (Å²) in [6.45, 7) is 6.21. The van der Waals surface area contributed by atoms with Gasteiger partial charge in [-0.05, 0) is 32.4 Å². The Labute approximate surface area is 123 Å². The van der Waals surface area contributed by atoms with E-state index in [0.29, 0.717) is 17.0 Å². The fourth-order valence-corrected chi connectivity index (χ4v) is 2.20. The van der Waals surface area contributed by atoms with E-state index in [2.05, 4.69) is 45.1 Å². The van der Waals surface area contributed by atoms with Crippen molar-refractivity contribution >= 4 is 23.4 Å². The summed E-state index contributed by atoms with van der Waals surface area (Å²) in [6, 6.07) is 3.62. The predicted molar refractivity (Wildman–Crippen MR) is 77.4 cm³/mol. The van der Waals surface area contributed by atoms with Gasteiger partial charge in [0.25, 0.3) is 0 Å². The highest BCUT2D eigenvalue weighted by Gasteiger charge is 2.25. The zero-order valence-electron chi connectivity index (χ0n) is 11.6. The molecule has 0 radical (unpaired) electrons. The third-order valence-corrected chi connectivity index (χ3v) is 3.42. The molecular formula is C12H19ClN6O. The summed E-state index contributed by atoms with van der Waals surface area (Å²) in [5, 5.41) is 10.7. The maximum Gasteiger partial charge on any atom is 0.333 e. The minimum atomic E-state index is -0.280. The van der Waals surface area contributed by atoms with Crippen molar-refractivity contribution in [1.29, 1.82) is 0 Å². The van der Waals surface area contributed by atoms with Crippen LogP contribution in [0.3, 0.4) is 0 Å². The number of hydrazine groups is 1. The summed E-state index contributed by atoms with van der Waals surface area (Å²) in [7, 11) is 0. The second-order valence-electron chi connectivity index (χ2n) is 5.04. The fraction of sp³-hybridized carbons (Fsp3) is 0.583. The maximum absolute atomic E-state index is 11.7. The molecule has 0 aliphatic carbocycles. The quantitative estimate of drug-likeness (QED) is 0.729. The number of nitrogens with zero attached hydrogens (tertiary/aromatic N) is 3. The lowest BCUT2D eigenvalue weighted by molar-refractivity contribution is 0.235. The van der Waals surface area contributed by atoms with E-state index in [-0.39, 0.29) is 12.1 Å². The molecule has 1 unspecified atom stereocenters. The van der Waals surface area contributed by atoms with Gasteiger partial charge in [0.15, 0.2) is 11.0 Å². The van der Waals surface area contributed by atoms with Crippen molar-refractivity contribution in [2.45, 2.75) is 32.4 Å². The Kier molecular flexibility index (Phi) is 4.97. The molecule has 0 bridgehead atoms. The van der Waals surface area contributed by atoms with Crippen molar-refractivity contribution in [3.63, 3.8) is 0 Å². The van der Waals surface area contributed by atoms with E-state index in [1.165, 1.54) is 0 Å². The highest BCUT2D eigenvalue weighted by molar-refractivity contribution is 6.29. The summed E-state index contributed by atoms with van der Waals surface area (Å²) in [6.07, 6.45) is 0.965. The lowest BCUT2D eigenvalue weighted by Crippen LogP contribution is -2.45. The molecule has 3 N–H and O–H groups in total. The monoisotopic (exact) mass is 298 g/mol. The summed E-state index contributed by atoms with van der Waals surface area (Å²) in [5.74, 6) is 0.430. The van der Waals surface area contributed by atoms with E-state index < -0.39 is 0 Å². The molecule has 1 fully saturated rings. The van der Waals surface area contributed by atoms with Crippen LogP contribution in [0.15, 0.2) is 12.1 Å². The van der Waals surface area contributed by atoms with Crippen molar-refractivity contribution in [3.05, 3.63) is 17.3 Å². The number of hydrogen-bond donors (Lipinski definition) is 3. The van der Waals surface area contributed by atoms with Gasteiger partial charge in [-0.1, -0.05) is 11.6 Å². The molecule has 1 atom stereocenters. The number of likely N-dealkylation sites (tertiary alicyclic amines) is 1. The van der Waals surface area contributed by atoms with E-state index in [9.17, 15) is 4.79 Å². The molecule has 1 aliphatic rings. The van der Waals surface area contributed by atoms with E-state index in [0.717, 1.165) is 19.5 Å². The second kappa shape index (κ2) is 6.71. The smallest absolute Gasteiger partial charge is 0.333 e. The number of urea groups is 1. The Morgan fingerprint density at radius 3 is 2.85 bits per heavy atom. The van der Waals surface area contributed by atoms with Crippen LogP contribution in [0.4, 0.5) is 10.6 Å². The molecule has 0 saturated carbocycles. The first-order valence-corrected chi connectivity index (χ1v) is 6.98. The standard InChI is InChI=1S/C12H19ClN6O/c1-8(2)19-6-5-9(7-19)14-12(20)18-17-11-4-3-10(13)15-16-11/h3-4,8-9H,5-7H2,1-2H3,(H,16,17)(H2,14,18,20). The van der Waals surface area contributed by atoms with Gasteiger partial charge in [-0.3, -0.25) is 15.8 Å². The van der Waals surface area contributed by atoms with E-state index in [1.807, 2.05) is 0 Å². The Balaban J connectivity index is 1.72. The summed E-state index contributed by atoms with van der Waals surface area (Å²) in [5.41, 5.74) is 5.20. The summed E-state index contributed by atoms with van der Waals surface area (Å²) < 4.78 is 0. The van der Waals surface area contributed by atoms with Gasteiger partial charge in [0.2, 0.25) is 0 Å². The highest BCUT2D eigenvalue weighted by Crippen LogP contribution is 2.12. The minimum Gasteiger partial charge on any atom is -0.333 e. The topological polar surface area (TPSA) is 82.2 Å². The number of amides is 2. The van der Waals surface area contributed by atoms with E-state index in [1.54, 1.807) is 12.1 Å². The van der Waals surface area contributed by atoms with Crippen molar-refractivity contribution in [2.75, 3.05) is 18.5 Å². The van der Waals surface area contributed by atoms with Gasteiger partial charge >= 0.3 is 6.03 Å². The molecule has 20 heavy (non-hydrogen) atoms. The molecule has 8 heteroatoms. The van der Waals surface area contributed by atoms with Gasteiger partial charge < -0.3 is 5.32 Å². The Morgan fingerprint density at radius 1 is 1.45 bits per heavy atom. The second-order valence-corrected chi connectivity index (χ2v) is 5.43. The number of halogens is 1. The zero-order chi connectivity index (χ0) is 14.5. The highest BCUT2D eigenvalue weighted by atomic mass is 35.5. The number of anilines is 1. The Morgan fingerprint density at radius 2 is 2.25 bits per heavy atom. The lowest BCUT2D eigenvalue weighted by Gasteiger charge is -2.20. The molecule has 2 rings (SSSR count). The molecule has 0 spiro atoms. The minimum absolute atomic E-state index is 0.176. The lowest BCUT2D eigenvalue weighted by atomic mass is 10.3. The first-order valence-electron chi connectivity index (χ1n) is 6.60. The van der Waals surface area contributed by atoms with Crippen LogP contribution in [-0.2, 0) is 0 Å². The van der Waals surface area contributed by atoms with Crippen LogP contribution in [0.5, 0.6) is 0 Å². The number of nitrogens with one attached hydrogen (secondary N) is 3. The van der Waals surface area contributed by atoms with Gasteiger partial charge in [0, 0.05) is 25.2 Å². The van der Waals surface area contributed by atoms with Gasteiger partial charge in [0.05, 0.1) is 0 Å². The SMILES string of the molecule is CC(C)N1CCC(NC(=O)NNc2ccc(Cl)nn2)C1. The van der Waals surface area contributed by atoms with Gasteiger partial charge in [-0.2, -0.15) is 0 Å². The van der Waals surface area contributed by atoms with Crippen LogP contribution >= 0.6 is 11.6 Å². The van der Waals surface area contributed by atoms with Crippen LogP contribution < -0.4 is 16.2 Å². The molecule has 0 aromatic carbocycles. The van der Waals surface area contributed by atoms with Gasteiger partial charge in [0.1, 0.15) is 0 Å². The third-order valence-electron chi connectivity index (χ3n) is 3.22. The van der Waals surface area contributed by atoms with Crippen molar-refractivity contribution < 1.29 is 4.79 Å². The van der Waals surface area contributed by atoms with Crippen molar-refractivity contribution in [1.82, 2.24) is 25.8 Å². The maximum atomic E-state index is 11.7. The van der Waals surface area contributed by atoms with Crippen LogP contribution in [-0.4, -0.2) is 46.3 Å². The molecule has 2 heterocycles. The van der Waals surface area contributed by atoms with Crippen LogP contribution in [0.2, 0.25) is 5.15 Å². The normalized spacial score (nSPS) is 19.1. The molecular weight excluding hydrogens is 280 g/mol. The molecule has 1 aliphatic heterocycles. The first kappa shape index (κ1) is 14.8. The molecule has 1 saturated heterocycles. The zero-order valence-corrected chi connectivity index (χ0v) is 12.3. The molecule has 1 aromatic rings. The largest absolute Gasteiger partial charge is 0.333 e. The van der Waals surface area contributed by atoms with Crippen LogP contribution in [0.25, 0.3) is 0 Å². The summed E-state index contributed by atoms with van der Waals surface area (Å²) in [4.78, 5) is 14.1. The van der Waals surface area contributed by atoms with Gasteiger partial charge in [-0.15, -0.1) is 10.2 Å².